The first-order valence-electron chi connectivity index (χ1n) is 8.70. The van der Waals surface area contributed by atoms with Crippen molar-refractivity contribution in [3.63, 3.8) is 0 Å². The Morgan fingerprint density at radius 3 is 2.48 bits per heavy atom. The number of nitrogens with zero attached hydrogens (tertiary/aromatic N) is 5. The lowest BCUT2D eigenvalue weighted by molar-refractivity contribution is -0.131. The number of hydrogen-bond acceptors (Lipinski definition) is 6. The third-order valence-corrected chi connectivity index (χ3v) is 4.27. The SMILES string of the molecule is CCC(=O)N1CCCC1c1nc(C)cc(Nc2nc(C)cc(C)n2)n1. The second-order valence-electron chi connectivity index (χ2n) is 6.45. The molecule has 1 aliphatic heterocycles. The number of aromatic nitrogens is 4. The molecule has 132 valence electrons. The zero-order valence-electron chi connectivity index (χ0n) is 15.2. The molecule has 1 amide bonds. The molecule has 3 rings (SSSR count). The third-order valence-electron chi connectivity index (χ3n) is 4.27. The summed E-state index contributed by atoms with van der Waals surface area (Å²) in [7, 11) is 0. The number of hydrogen-bond donors (Lipinski definition) is 1. The maximum absolute atomic E-state index is 12.2. The van der Waals surface area contributed by atoms with Crippen LogP contribution in [0.4, 0.5) is 11.8 Å². The van der Waals surface area contributed by atoms with Crippen LogP contribution in [-0.4, -0.2) is 37.3 Å². The van der Waals surface area contributed by atoms with Gasteiger partial charge >= 0.3 is 0 Å². The van der Waals surface area contributed by atoms with Gasteiger partial charge in [0.25, 0.3) is 0 Å². The van der Waals surface area contributed by atoms with Crippen LogP contribution in [0.2, 0.25) is 0 Å². The Hall–Kier alpha value is -2.57. The summed E-state index contributed by atoms with van der Waals surface area (Å²) in [5.74, 6) is 2.02. The molecule has 0 aromatic carbocycles. The molecule has 1 aliphatic rings. The van der Waals surface area contributed by atoms with Crippen molar-refractivity contribution in [3.8, 4) is 0 Å². The van der Waals surface area contributed by atoms with Crippen LogP contribution in [0.1, 0.15) is 55.1 Å². The van der Waals surface area contributed by atoms with Gasteiger partial charge in [0.15, 0.2) is 5.82 Å². The molecule has 25 heavy (non-hydrogen) atoms. The van der Waals surface area contributed by atoms with Gasteiger partial charge in [-0.3, -0.25) is 4.79 Å². The molecule has 0 bridgehead atoms. The number of aryl methyl sites for hydroxylation is 3. The van der Waals surface area contributed by atoms with Gasteiger partial charge < -0.3 is 10.2 Å². The molecule has 0 spiro atoms. The largest absolute Gasteiger partial charge is 0.332 e. The summed E-state index contributed by atoms with van der Waals surface area (Å²) in [4.78, 5) is 32.1. The van der Waals surface area contributed by atoms with Crippen molar-refractivity contribution in [1.82, 2.24) is 24.8 Å². The molecule has 7 nitrogen and oxygen atoms in total. The Kier molecular flexibility index (Phi) is 4.92. The molecule has 1 fully saturated rings. The van der Waals surface area contributed by atoms with Crippen molar-refractivity contribution < 1.29 is 4.79 Å². The van der Waals surface area contributed by atoms with Gasteiger partial charge in [0.2, 0.25) is 11.9 Å². The normalized spacial score (nSPS) is 17.0. The molecule has 7 heteroatoms. The monoisotopic (exact) mass is 340 g/mol. The maximum atomic E-state index is 12.2. The first kappa shape index (κ1) is 17.3. The minimum atomic E-state index is -0.0481. The summed E-state index contributed by atoms with van der Waals surface area (Å²) < 4.78 is 0. The number of carbonyl (C=O) groups excluding carboxylic acids is 1. The Morgan fingerprint density at radius 1 is 1.12 bits per heavy atom. The lowest BCUT2D eigenvalue weighted by atomic mass is 10.2. The second-order valence-corrected chi connectivity index (χ2v) is 6.45. The van der Waals surface area contributed by atoms with Gasteiger partial charge in [0.1, 0.15) is 5.82 Å². The van der Waals surface area contributed by atoms with Crippen molar-refractivity contribution in [2.45, 2.75) is 53.0 Å². The van der Waals surface area contributed by atoms with E-state index in [9.17, 15) is 4.79 Å². The molecule has 1 saturated heterocycles. The molecule has 1 unspecified atom stereocenters. The van der Waals surface area contributed by atoms with Crippen LogP contribution in [0, 0.1) is 20.8 Å². The lowest BCUT2D eigenvalue weighted by Gasteiger charge is -2.23. The lowest BCUT2D eigenvalue weighted by Crippen LogP contribution is -2.31. The highest BCUT2D eigenvalue weighted by Crippen LogP contribution is 2.31. The zero-order valence-corrected chi connectivity index (χ0v) is 15.2. The topological polar surface area (TPSA) is 83.9 Å². The highest BCUT2D eigenvalue weighted by molar-refractivity contribution is 5.76. The van der Waals surface area contributed by atoms with Crippen LogP contribution < -0.4 is 5.32 Å². The first-order valence-corrected chi connectivity index (χ1v) is 8.70. The molecule has 2 aromatic heterocycles. The molecular weight excluding hydrogens is 316 g/mol. The summed E-state index contributed by atoms with van der Waals surface area (Å²) in [6, 6.07) is 3.74. The van der Waals surface area contributed by atoms with Gasteiger partial charge in [-0.05, 0) is 39.7 Å². The van der Waals surface area contributed by atoms with Crippen molar-refractivity contribution in [3.05, 3.63) is 35.0 Å². The fourth-order valence-electron chi connectivity index (χ4n) is 3.24. The molecule has 1 N–H and O–H groups in total. The van der Waals surface area contributed by atoms with Crippen LogP contribution in [-0.2, 0) is 4.79 Å². The van der Waals surface area contributed by atoms with Gasteiger partial charge in [-0.15, -0.1) is 0 Å². The van der Waals surface area contributed by atoms with Gasteiger partial charge in [-0.25, -0.2) is 19.9 Å². The van der Waals surface area contributed by atoms with Gasteiger partial charge in [0.05, 0.1) is 6.04 Å². The van der Waals surface area contributed by atoms with E-state index in [1.54, 1.807) is 0 Å². The molecule has 0 aliphatic carbocycles. The van der Waals surface area contributed by atoms with E-state index >= 15 is 0 Å². The van der Waals surface area contributed by atoms with Crippen LogP contribution >= 0.6 is 0 Å². The van der Waals surface area contributed by atoms with Crippen molar-refractivity contribution in [1.29, 1.82) is 0 Å². The molecule has 2 aromatic rings. The van der Waals surface area contributed by atoms with Gasteiger partial charge in [-0.1, -0.05) is 6.92 Å². The fourth-order valence-corrected chi connectivity index (χ4v) is 3.24. The third kappa shape index (κ3) is 3.92. The zero-order chi connectivity index (χ0) is 18.0. The molecule has 0 saturated carbocycles. The van der Waals surface area contributed by atoms with E-state index in [1.807, 2.05) is 44.7 Å². The summed E-state index contributed by atoms with van der Waals surface area (Å²) in [5, 5.41) is 3.17. The maximum Gasteiger partial charge on any atom is 0.228 e. The highest BCUT2D eigenvalue weighted by atomic mass is 16.2. The Labute approximate surface area is 147 Å². The van der Waals surface area contributed by atoms with Gasteiger partial charge in [-0.2, -0.15) is 0 Å². The van der Waals surface area contributed by atoms with E-state index in [0.29, 0.717) is 24.0 Å². The van der Waals surface area contributed by atoms with E-state index in [-0.39, 0.29) is 11.9 Å². The van der Waals surface area contributed by atoms with E-state index in [2.05, 4.69) is 25.3 Å². The number of carbonyl (C=O) groups is 1. The molecular formula is C18H24N6O. The molecule has 3 heterocycles. The second kappa shape index (κ2) is 7.13. The molecule has 1 atom stereocenters. The number of likely N-dealkylation sites (tertiary alicyclic amines) is 1. The minimum absolute atomic E-state index is 0.0481. The average molecular weight is 340 g/mol. The first-order chi connectivity index (χ1) is 12.0. The summed E-state index contributed by atoms with van der Waals surface area (Å²) in [6.45, 7) is 8.46. The van der Waals surface area contributed by atoms with Crippen LogP contribution in [0.25, 0.3) is 0 Å². The highest BCUT2D eigenvalue weighted by Gasteiger charge is 2.31. The van der Waals surface area contributed by atoms with Crippen molar-refractivity contribution in [2.24, 2.45) is 0 Å². The van der Waals surface area contributed by atoms with Crippen LogP contribution in [0.3, 0.4) is 0 Å². The predicted molar refractivity (Wildman–Crippen MR) is 95.5 cm³/mol. The smallest absolute Gasteiger partial charge is 0.228 e. The van der Waals surface area contributed by atoms with E-state index in [4.69, 9.17) is 0 Å². The predicted octanol–water partition coefficient (Wildman–Crippen LogP) is 3.01. The van der Waals surface area contributed by atoms with E-state index < -0.39 is 0 Å². The Bertz CT molecular complexity index is 771. The van der Waals surface area contributed by atoms with Gasteiger partial charge in [0, 0.05) is 36.1 Å². The van der Waals surface area contributed by atoms with Crippen LogP contribution in [0.5, 0.6) is 0 Å². The number of amides is 1. The van der Waals surface area contributed by atoms with E-state index in [0.717, 1.165) is 36.5 Å². The Morgan fingerprint density at radius 2 is 1.80 bits per heavy atom. The quantitative estimate of drug-likeness (QED) is 0.921. The average Bonchev–Trinajstić information content (AvgIpc) is 3.02. The summed E-state index contributed by atoms with van der Waals surface area (Å²) in [5.41, 5.74) is 2.65. The minimum Gasteiger partial charge on any atom is -0.332 e. The number of anilines is 2. The van der Waals surface area contributed by atoms with Crippen LogP contribution in [0.15, 0.2) is 12.1 Å². The summed E-state index contributed by atoms with van der Waals surface area (Å²) >= 11 is 0. The Balaban J connectivity index is 1.89. The standard InChI is InChI=1S/C18H24N6O/c1-5-16(25)24-8-6-7-14(24)17-19-13(4)10-15(22-17)23-18-20-11(2)9-12(3)21-18/h9-10,14H,5-8H2,1-4H3,(H,19,20,21,22,23). The van der Waals surface area contributed by atoms with E-state index in [1.165, 1.54) is 0 Å². The van der Waals surface area contributed by atoms with Crippen molar-refractivity contribution in [2.75, 3.05) is 11.9 Å². The fraction of sp³-hybridized carbons (Fsp3) is 0.500. The van der Waals surface area contributed by atoms with Crippen molar-refractivity contribution >= 4 is 17.7 Å². The summed E-state index contributed by atoms with van der Waals surface area (Å²) in [6.07, 6.45) is 2.38. The molecule has 0 radical (unpaired) electrons. The number of rotatable bonds is 4. The number of nitrogens with one attached hydrogen (secondary N) is 1.